The number of phenols is 1. The Kier molecular flexibility index (Phi) is 4.34. The molecule has 4 saturated carbocycles. The Labute approximate surface area is 169 Å². The van der Waals surface area contributed by atoms with Crippen molar-refractivity contribution < 1.29 is 9.84 Å². The van der Waals surface area contributed by atoms with Gasteiger partial charge in [0.15, 0.2) is 11.5 Å². The molecule has 0 amide bonds. The standard InChI is InChI=1S/C22H27N3O2S/c1-13-12-28-21(24-13)25-23-11-17-6-18(20(26)19(7-17)27-2)22-8-14-3-15(9-22)5-16(4-14)10-22/h6-7,11-12,14-16,26H,3-5,8-10H2,1-2H3,(H,24,25). The Bertz CT molecular complexity index is 885. The van der Waals surface area contributed by atoms with Gasteiger partial charge in [0.1, 0.15) is 0 Å². The number of thiazole rings is 1. The summed E-state index contributed by atoms with van der Waals surface area (Å²) in [6.07, 6.45) is 9.55. The molecular weight excluding hydrogens is 370 g/mol. The van der Waals surface area contributed by atoms with E-state index in [4.69, 9.17) is 4.74 Å². The van der Waals surface area contributed by atoms with Gasteiger partial charge in [-0.15, -0.1) is 11.3 Å². The molecule has 0 saturated heterocycles. The minimum Gasteiger partial charge on any atom is -0.504 e. The Hall–Kier alpha value is -2.08. The van der Waals surface area contributed by atoms with Crippen LogP contribution in [0.5, 0.6) is 11.5 Å². The largest absolute Gasteiger partial charge is 0.504 e. The zero-order valence-corrected chi connectivity index (χ0v) is 17.3. The molecule has 6 rings (SSSR count). The van der Waals surface area contributed by atoms with E-state index in [9.17, 15) is 5.11 Å². The van der Waals surface area contributed by atoms with E-state index in [1.807, 2.05) is 18.4 Å². The van der Waals surface area contributed by atoms with Gasteiger partial charge in [0.25, 0.3) is 0 Å². The molecule has 2 N–H and O–H groups in total. The predicted octanol–water partition coefficient (Wildman–Crippen LogP) is 5.08. The van der Waals surface area contributed by atoms with E-state index in [0.717, 1.165) is 39.7 Å². The molecular formula is C22H27N3O2S. The summed E-state index contributed by atoms with van der Waals surface area (Å²) in [4.78, 5) is 4.36. The van der Waals surface area contributed by atoms with Crippen LogP contribution in [0.25, 0.3) is 0 Å². The van der Waals surface area contributed by atoms with Crippen molar-refractivity contribution in [1.82, 2.24) is 4.98 Å². The van der Waals surface area contributed by atoms with Crippen LogP contribution in [-0.2, 0) is 5.41 Å². The maximum absolute atomic E-state index is 11.0. The van der Waals surface area contributed by atoms with Crippen LogP contribution < -0.4 is 10.2 Å². The van der Waals surface area contributed by atoms with Crippen LogP contribution in [0.1, 0.15) is 55.3 Å². The molecule has 4 aliphatic rings. The molecule has 5 nitrogen and oxygen atoms in total. The summed E-state index contributed by atoms with van der Waals surface area (Å²) in [7, 11) is 1.62. The maximum Gasteiger partial charge on any atom is 0.203 e. The van der Waals surface area contributed by atoms with Crippen molar-refractivity contribution in [2.45, 2.75) is 50.9 Å². The number of ether oxygens (including phenoxy) is 1. The topological polar surface area (TPSA) is 66.7 Å². The first-order valence-corrected chi connectivity index (χ1v) is 11.1. The van der Waals surface area contributed by atoms with Crippen LogP contribution in [-0.4, -0.2) is 23.4 Å². The van der Waals surface area contributed by atoms with Gasteiger partial charge in [0, 0.05) is 10.9 Å². The zero-order chi connectivity index (χ0) is 19.3. The quantitative estimate of drug-likeness (QED) is 0.545. The number of methoxy groups -OCH3 is 1. The fourth-order valence-corrected chi connectivity index (χ4v) is 6.91. The lowest BCUT2D eigenvalue weighted by molar-refractivity contribution is -0.00626. The van der Waals surface area contributed by atoms with Crippen molar-refractivity contribution in [1.29, 1.82) is 0 Å². The molecule has 0 spiro atoms. The van der Waals surface area contributed by atoms with Gasteiger partial charge < -0.3 is 9.84 Å². The number of benzene rings is 1. The summed E-state index contributed by atoms with van der Waals surface area (Å²) in [6, 6.07) is 3.99. The number of hydrazone groups is 1. The third-order valence-electron chi connectivity index (χ3n) is 6.92. The third-order valence-corrected chi connectivity index (χ3v) is 7.78. The van der Waals surface area contributed by atoms with Crippen LogP contribution in [0.2, 0.25) is 0 Å². The molecule has 0 atom stereocenters. The summed E-state index contributed by atoms with van der Waals surface area (Å²) >= 11 is 1.54. The molecule has 0 unspecified atom stereocenters. The number of phenolic OH excluding ortho intramolecular Hbond substituents is 1. The number of nitrogens with one attached hydrogen (secondary N) is 1. The van der Waals surface area contributed by atoms with E-state index in [1.165, 1.54) is 49.9 Å². The second-order valence-electron chi connectivity index (χ2n) is 8.98. The zero-order valence-electron chi connectivity index (χ0n) is 16.4. The Morgan fingerprint density at radius 1 is 1.21 bits per heavy atom. The highest BCUT2D eigenvalue weighted by molar-refractivity contribution is 7.13. The number of aryl methyl sites for hydroxylation is 1. The Morgan fingerprint density at radius 2 is 1.89 bits per heavy atom. The number of nitrogens with zero attached hydrogens (tertiary/aromatic N) is 2. The van der Waals surface area contributed by atoms with Gasteiger partial charge in [-0.3, -0.25) is 5.43 Å². The number of aromatic nitrogens is 1. The van der Waals surface area contributed by atoms with Gasteiger partial charge in [0.2, 0.25) is 5.13 Å². The lowest BCUT2D eigenvalue weighted by Crippen LogP contribution is -2.48. The summed E-state index contributed by atoms with van der Waals surface area (Å²) in [6.45, 7) is 1.97. The first-order chi connectivity index (χ1) is 13.5. The average molecular weight is 398 g/mol. The van der Waals surface area contributed by atoms with Crippen molar-refractivity contribution in [3.63, 3.8) is 0 Å². The second-order valence-corrected chi connectivity index (χ2v) is 9.84. The first kappa shape index (κ1) is 18.0. The molecule has 1 heterocycles. The van der Waals surface area contributed by atoms with E-state index in [2.05, 4.69) is 21.6 Å². The number of anilines is 1. The van der Waals surface area contributed by atoms with E-state index in [-0.39, 0.29) is 5.41 Å². The summed E-state index contributed by atoms with van der Waals surface area (Å²) in [5, 5.41) is 18.1. The van der Waals surface area contributed by atoms with Crippen LogP contribution in [0.15, 0.2) is 22.6 Å². The molecule has 0 aliphatic heterocycles. The monoisotopic (exact) mass is 397 g/mol. The SMILES string of the molecule is COc1cc(C=NNc2nc(C)cs2)cc(C23CC4CC(CC(C4)C2)C3)c1O. The third kappa shape index (κ3) is 3.08. The minimum atomic E-state index is 0.107. The van der Waals surface area contributed by atoms with Gasteiger partial charge in [-0.2, -0.15) is 5.10 Å². The number of aromatic hydroxyl groups is 1. The molecule has 4 aliphatic carbocycles. The van der Waals surface area contributed by atoms with Gasteiger partial charge in [-0.1, -0.05) is 0 Å². The molecule has 4 fully saturated rings. The van der Waals surface area contributed by atoms with E-state index in [0.29, 0.717) is 11.5 Å². The van der Waals surface area contributed by atoms with Crippen molar-refractivity contribution in [3.05, 3.63) is 34.3 Å². The van der Waals surface area contributed by atoms with Crippen LogP contribution in [0.4, 0.5) is 5.13 Å². The van der Waals surface area contributed by atoms with Crippen molar-refractivity contribution in [2.24, 2.45) is 22.9 Å². The predicted molar refractivity (Wildman–Crippen MR) is 113 cm³/mol. The second kappa shape index (κ2) is 6.76. The summed E-state index contributed by atoms with van der Waals surface area (Å²) in [5.41, 5.74) is 6.10. The molecule has 0 radical (unpaired) electrons. The lowest BCUT2D eigenvalue weighted by atomic mass is 9.48. The van der Waals surface area contributed by atoms with Crippen molar-refractivity contribution in [3.8, 4) is 11.5 Å². The van der Waals surface area contributed by atoms with Gasteiger partial charge in [-0.05, 0) is 86.3 Å². The number of rotatable bonds is 5. The number of hydrogen-bond acceptors (Lipinski definition) is 6. The van der Waals surface area contributed by atoms with Crippen molar-refractivity contribution in [2.75, 3.05) is 12.5 Å². The van der Waals surface area contributed by atoms with E-state index < -0.39 is 0 Å². The van der Waals surface area contributed by atoms with Crippen molar-refractivity contribution >= 4 is 22.7 Å². The Balaban J connectivity index is 1.47. The highest BCUT2D eigenvalue weighted by Crippen LogP contribution is 2.62. The highest BCUT2D eigenvalue weighted by atomic mass is 32.1. The highest BCUT2D eigenvalue weighted by Gasteiger charge is 2.52. The van der Waals surface area contributed by atoms with Crippen LogP contribution in [0.3, 0.4) is 0 Å². The summed E-state index contributed by atoms with van der Waals surface area (Å²) in [5.74, 6) is 3.33. The normalized spacial score (nSPS) is 30.9. The molecule has 28 heavy (non-hydrogen) atoms. The first-order valence-electron chi connectivity index (χ1n) is 10.2. The van der Waals surface area contributed by atoms with Crippen LogP contribution in [0, 0.1) is 24.7 Å². The minimum absolute atomic E-state index is 0.107. The fraction of sp³-hybridized carbons (Fsp3) is 0.545. The van der Waals surface area contributed by atoms with Gasteiger partial charge in [-0.25, -0.2) is 4.98 Å². The van der Waals surface area contributed by atoms with E-state index >= 15 is 0 Å². The molecule has 1 aromatic heterocycles. The fourth-order valence-electron chi connectivity index (χ4n) is 6.27. The Morgan fingerprint density at radius 3 is 2.46 bits per heavy atom. The smallest absolute Gasteiger partial charge is 0.203 e. The average Bonchev–Trinajstić information content (AvgIpc) is 3.06. The van der Waals surface area contributed by atoms with Crippen LogP contribution >= 0.6 is 11.3 Å². The molecule has 148 valence electrons. The van der Waals surface area contributed by atoms with Gasteiger partial charge >= 0.3 is 0 Å². The number of hydrogen-bond donors (Lipinski definition) is 2. The van der Waals surface area contributed by atoms with Gasteiger partial charge in [0.05, 0.1) is 19.0 Å². The maximum atomic E-state index is 11.0. The molecule has 4 bridgehead atoms. The summed E-state index contributed by atoms with van der Waals surface area (Å²) < 4.78 is 5.52. The lowest BCUT2D eigenvalue weighted by Gasteiger charge is -2.57. The molecule has 2 aromatic rings. The van der Waals surface area contributed by atoms with E-state index in [1.54, 1.807) is 13.3 Å². The molecule has 6 heteroatoms. The molecule has 1 aromatic carbocycles.